The van der Waals surface area contributed by atoms with Gasteiger partial charge in [-0.05, 0) is 65.3 Å². The molecule has 0 aliphatic heterocycles. The third-order valence-electron chi connectivity index (χ3n) is 4.87. The van der Waals surface area contributed by atoms with Crippen molar-refractivity contribution >= 4 is 16.3 Å². The molecule has 0 atom stereocenters. The van der Waals surface area contributed by atoms with Crippen LogP contribution in [0.4, 0.5) is 0 Å². The minimum atomic E-state index is 1.01. The molecule has 0 heterocycles. The van der Waals surface area contributed by atoms with Gasteiger partial charge in [0.15, 0.2) is 0 Å². The van der Waals surface area contributed by atoms with Crippen LogP contribution in [0.3, 0.4) is 0 Å². The Hall–Kier alpha value is -2.60. The van der Waals surface area contributed by atoms with Gasteiger partial charge in [-0.1, -0.05) is 78.4 Å². The summed E-state index contributed by atoms with van der Waals surface area (Å²) in [6.45, 7) is 2.26. The molecule has 0 aromatic heterocycles. The van der Waals surface area contributed by atoms with Gasteiger partial charge >= 0.3 is 0 Å². The first-order valence-electron chi connectivity index (χ1n) is 8.58. The maximum absolute atomic E-state index is 2.37. The van der Waals surface area contributed by atoms with E-state index in [0.29, 0.717) is 0 Å². The van der Waals surface area contributed by atoms with Crippen LogP contribution in [0.2, 0.25) is 0 Å². The van der Waals surface area contributed by atoms with E-state index in [-0.39, 0.29) is 0 Å². The summed E-state index contributed by atoms with van der Waals surface area (Å²) in [5, 5.41) is 2.61. The highest BCUT2D eigenvalue weighted by Gasteiger charge is 2.15. The van der Waals surface area contributed by atoms with Gasteiger partial charge in [0.1, 0.15) is 0 Å². The second kappa shape index (κ2) is 6.49. The first kappa shape index (κ1) is 15.0. The molecule has 117 valence electrons. The number of hydrogen-bond donors (Lipinski definition) is 0. The number of fused-ring (bicyclic) bond motifs is 1. The van der Waals surface area contributed by atoms with E-state index in [9.17, 15) is 0 Å². The van der Waals surface area contributed by atoms with E-state index in [4.69, 9.17) is 0 Å². The zero-order valence-electron chi connectivity index (χ0n) is 14.0. The van der Waals surface area contributed by atoms with Crippen LogP contribution in [0.15, 0.2) is 90.0 Å². The number of hydrogen-bond acceptors (Lipinski definition) is 0. The van der Waals surface area contributed by atoms with Gasteiger partial charge in [0, 0.05) is 0 Å². The average molecular weight is 309 g/mol. The van der Waals surface area contributed by atoms with Crippen LogP contribution in [0.25, 0.3) is 16.3 Å². The number of allylic oxidation sites excluding steroid dienone is 4. The summed E-state index contributed by atoms with van der Waals surface area (Å²) in [7, 11) is 0. The van der Waals surface area contributed by atoms with Crippen LogP contribution in [0.5, 0.6) is 0 Å². The summed E-state index contributed by atoms with van der Waals surface area (Å²) in [6.07, 6.45) is 6.75. The quantitative estimate of drug-likeness (QED) is 0.526. The number of rotatable bonds is 3. The standard InChI is InChI=1S/C24H21/c1-18-21(16-19-8-3-2-4-9-19)12-7-13-24(18)23-15-14-20-10-5-6-11-22(20)17-23/h2-6,8-15,17H,7,16H2,1H3. The molecule has 1 aliphatic rings. The lowest BCUT2D eigenvalue weighted by atomic mass is 9.84. The SMILES string of the molecule is CC1=C(Cc2ccccc2)[CH]CC=C1c1ccc2ccccc2c1. The first-order chi connectivity index (χ1) is 11.8. The maximum Gasteiger partial charge on any atom is -0.00580 e. The smallest absolute Gasteiger partial charge is 0.00580 e. The molecule has 0 amide bonds. The molecule has 3 aromatic carbocycles. The largest absolute Gasteiger partial charge is 0.0758 e. The summed E-state index contributed by atoms with van der Waals surface area (Å²) in [6, 6.07) is 26.1. The third-order valence-corrected chi connectivity index (χ3v) is 4.87. The lowest BCUT2D eigenvalue weighted by Crippen LogP contribution is -2.02. The molecule has 1 radical (unpaired) electrons. The van der Waals surface area contributed by atoms with E-state index in [1.807, 2.05) is 0 Å². The minimum absolute atomic E-state index is 1.01. The van der Waals surface area contributed by atoms with Crippen LogP contribution in [0, 0.1) is 6.42 Å². The summed E-state index contributed by atoms with van der Waals surface area (Å²) in [5.41, 5.74) is 6.94. The molecule has 1 aliphatic carbocycles. The molecule has 0 bridgehead atoms. The van der Waals surface area contributed by atoms with Crippen LogP contribution in [-0.2, 0) is 6.42 Å². The molecule has 0 spiro atoms. The Kier molecular flexibility index (Phi) is 4.04. The monoisotopic (exact) mass is 309 g/mol. The molecule has 0 heteroatoms. The fourth-order valence-corrected chi connectivity index (χ4v) is 3.51. The van der Waals surface area contributed by atoms with Crippen molar-refractivity contribution in [2.45, 2.75) is 19.8 Å². The molecule has 0 N–H and O–H groups in total. The second-order valence-corrected chi connectivity index (χ2v) is 6.43. The van der Waals surface area contributed by atoms with Gasteiger partial charge < -0.3 is 0 Å². The lowest BCUT2D eigenvalue weighted by Gasteiger charge is -2.20. The molecule has 0 saturated carbocycles. The summed E-state index contributed by atoms with van der Waals surface area (Å²) in [4.78, 5) is 0. The van der Waals surface area contributed by atoms with Crippen molar-refractivity contribution in [3.05, 3.63) is 108 Å². The van der Waals surface area contributed by atoms with Crippen molar-refractivity contribution < 1.29 is 0 Å². The number of benzene rings is 3. The maximum atomic E-state index is 2.37. The topological polar surface area (TPSA) is 0 Å². The molecule has 4 rings (SSSR count). The first-order valence-corrected chi connectivity index (χ1v) is 8.58. The van der Waals surface area contributed by atoms with Crippen LogP contribution in [-0.4, -0.2) is 0 Å². The van der Waals surface area contributed by atoms with Gasteiger partial charge in [-0.2, -0.15) is 0 Å². The zero-order valence-corrected chi connectivity index (χ0v) is 14.0. The van der Waals surface area contributed by atoms with Gasteiger partial charge in [-0.25, -0.2) is 0 Å². The Morgan fingerprint density at radius 1 is 0.792 bits per heavy atom. The van der Waals surface area contributed by atoms with Crippen LogP contribution in [0.1, 0.15) is 24.5 Å². The Morgan fingerprint density at radius 2 is 1.54 bits per heavy atom. The molecule has 24 heavy (non-hydrogen) atoms. The van der Waals surface area contributed by atoms with Gasteiger partial charge in [-0.15, -0.1) is 0 Å². The summed E-state index contributed by atoms with van der Waals surface area (Å²) in [5.74, 6) is 0. The molecular formula is C24H21. The van der Waals surface area contributed by atoms with E-state index >= 15 is 0 Å². The zero-order chi connectivity index (χ0) is 16.4. The predicted octanol–water partition coefficient (Wildman–Crippen LogP) is 6.39. The molecular weight excluding hydrogens is 288 g/mol. The van der Waals surface area contributed by atoms with Crippen LogP contribution < -0.4 is 0 Å². The van der Waals surface area contributed by atoms with Crippen molar-refractivity contribution in [3.63, 3.8) is 0 Å². The fraction of sp³-hybridized carbons (Fsp3) is 0.125. The van der Waals surface area contributed by atoms with Gasteiger partial charge in [0.05, 0.1) is 0 Å². The molecule has 0 nitrogen and oxygen atoms in total. The van der Waals surface area contributed by atoms with E-state index < -0.39 is 0 Å². The summed E-state index contributed by atoms with van der Waals surface area (Å²) < 4.78 is 0. The van der Waals surface area contributed by atoms with Crippen molar-refractivity contribution in [2.24, 2.45) is 0 Å². The van der Waals surface area contributed by atoms with E-state index in [1.165, 1.54) is 38.6 Å². The lowest BCUT2D eigenvalue weighted by molar-refractivity contribution is 1.05. The minimum Gasteiger partial charge on any atom is -0.0758 e. The fourth-order valence-electron chi connectivity index (χ4n) is 3.51. The Morgan fingerprint density at radius 3 is 2.38 bits per heavy atom. The predicted molar refractivity (Wildman–Crippen MR) is 104 cm³/mol. The highest BCUT2D eigenvalue weighted by Crippen LogP contribution is 2.34. The van der Waals surface area contributed by atoms with Crippen molar-refractivity contribution in [2.75, 3.05) is 0 Å². The van der Waals surface area contributed by atoms with Crippen molar-refractivity contribution in [1.29, 1.82) is 0 Å². The molecule has 3 aromatic rings. The van der Waals surface area contributed by atoms with E-state index in [2.05, 4.69) is 92.2 Å². The average Bonchev–Trinajstić information content (AvgIpc) is 2.64. The molecule has 0 unspecified atom stereocenters. The van der Waals surface area contributed by atoms with Gasteiger partial charge in [0.25, 0.3) is 0 Å². The van der Waals surface area contributed by atoms with Crippen LogP contribution >= 0.6 is 0 Å². The Labute approximate surface area is 144 Å². The summed E-state index contributed by atoms with van der Waals surface area (Å²) >= 11 is 0. The normalized spacial score (nSPS) is 14.8. The molecule has 0 fully saturated rings. The second-order valence-electron chi connectivity index (χ2n) is 6.43. The Balaban J connectivity index is 1.70. The Bertz CT molecular complexity index is 926. The van der Waals surface area contributed by atoms with E-state index in [1.54, 1.807) is 0 Å². The van der Waals surface area contributed by atoms with Gasteiger partial charge in [0.2, 0.25) is 0 Å². The third kappa shape index (κ3) is 2.92. The molecule has 0 saturated heterocycles. The van der Waals surface area contributed by atoms with Crippen molar-refractivity contribution in [3.8, 4) is 0 Å². The van der Waals surface area contributed by atoms with Gasteiger partial charge in [-0.3, -0.25) is 0 Å². The van der Waals surface area contributed by atoms with Crippen molar-refractivity contribution in [1.82, 2.24) is 0 Å². The highest BCUT2D eigenvalue weighted by molar-refractivity contribution is 5.90. The highest BCUT2D eigenvalue weighted by atomic mass is 14.2. The van der Waals surface area contributed by atoms with E-state index in [0.717, 1.165) is 12.8 Å².